The van der Waals surface area contributed by atoms with Crippen molar-refractivity contribution < 1.29 is 9.84 Å². The molecule has 0 saturated carbocycles. The van der Waals surface area contributed by atoms with E-state index in [4.69, 9.17) is 4.74 Å². The van der Waals surface area contributed by atoms with Crippen LogP contribution < -0.4 is 0 Å². The van der Waals surface area contributed by atoms with Gasteiger partial charge in [-0.2, -0.15) is 0 Å². The Kier molecular flexibility index (Phi) is 9.83. The standard InChI is InChI=1S/C26H37NO2.ClH/c1-4-22-10-12-24(13-11-22)26(28,15-14-21(2)3)25(23-8-6-5-7-9-23)20-27-16-18-29-19-17-27;/h5-13,21,25,28H,4,14-20H2,1-3H3;1H. The fourth-order valence-electron chi connectivity index (χ4n) is 4.32. The fraction of sp³-hybridized carbons (Fsp3) is 0.538. The van der Waals surface area contributed by atoms with Crippen molar-refractivity contribution in [3.63, 3.8) is 0 Å². The summed E-state index contributed by atoms with van der Waals surface area (Å²) in [7, 11) is 0. The van der Waals surface area contributed by atoms with Crippen LogP contribution in [0.4, 0.5) is 0 Å². The van der Waals surface area contributed by atoms with Gasteiger partial charge in [-0.05, 0) is 41.9 Å². The normalized spacial score (nSPS) is 17.9. The van der Waals surface area contributed by atoms with Crippen LogP contribution in [0.3, 0.4) is 0 Å². The highest BCUT2D eigenvalue weighted by atomic mass is 35.5. The van der Waals surface area contributed by atoms with Gasteiger partial charge in [0.1, 0.15) is 0 Å². The van der Waals surface area contributed by atoms with Crippen LogP contribution in [-0.4, -0.2) is 42.9 Å². The zero-order valence-corrected chi connectivity index (χ0v) is 19.5. The van der Waals surface area contributed by atoms with Crippen molar-refractivity contribution in [1.29, 1.82) is 0 Å². The Morgan fingerprint density at radius 1 is 1.00 bits per heavy atom. The van der Waals surface area contributed by atoms with E-state index in [0.717, 1.165) is 57.7 Å². The fourth-order valence-corrected chi connectivity index (χ4v) is 4.32. The van der Waals surface area contributed by atoms with Gasteiger partial charge in [0.15, 0.2) is 0 Å². The molecular weight excluding hydrogens is 394 g/mol. The number of benzene rings is 2. The van der Waals surface area contributed by atoms with Crippen LogP contribution >= 0.6 is 12.4 Å². The van der Waals surface area contributed by atoms with Crippen molar-refractivity contribution in [2.75, 3.05) is 32.8 Å². The van der Waals surface area contributed by atoms with Crippen molar-refractivity contribution in [2.45, 2.75) is 51.6 Å². The average Bonchev–Trinajstić information content (AvgIpc) is 2.77. The zero-order chi connectivity index (χ0) is 20.7. The number of morpholine rings is 1. The summed E-state index contributed by atoms with van der Waals surface area (Å²) in [5, 5.41) is 12.3. The van der Waals surface area contributed by atoms with Crippen LogP contribution in [0.25, 0.3) is 0 Å². The van der Waals surface area contributed by atoms with Crippen molar-refractivity contribution >= 4 is 12.4 Å². The quantitative estimate of drug-likeness (QED) is 0.576. The van der Waals surface area contributed by atoms with Gasteiger partial charge in [0.25, 0.3) is 0 Å². The zero-order valence-electron chi connectivity index (χ0n) is 18.7. The van der Waals surface area contributed by atoms with Gasteiger partial charge in [0.05, 0.1) is 18.8 Å². The molecule has 0 aromatic heterocycles. The first-order chi connectivity index (χ1) is 14.0. The van der Waals surface area contributed by atoms with Crippen LogP contribution in [0.15, 0.2) is 54.6 Å². The molecule has 2 aromatic carbocycles. The number of aryl methyl sites for hydroxylation is 1. The highest BCUT2D eigenvalue weighted by Gasteiger charge is 2.40. The lowest BCUT2D eigenvalue weighted by molar-refractivity contribution is -0.0311. The number of hydrogen-bond donors (Lipinski definition) is 1. The first kappa shape index (κ1) is 24.9. The Morgan fingerprint density at radius 3 is 2.20 bits per heavy atom. The summed E-state index contributed by atoms with van der Waals surface area (Å²) in [5.74, 6) is 0.573. The van der Waals surface area contributed by atoms with Gasteiger partial charge in [0.2, 0.25) is 0 Å². The van der Waals surface area contributed by atoms with E-state index in [-0.39, 0.29) is 18.3 Å². The molecule has 166 valence electrons. The van der Waals surface area contributed by atoms with Crippen LogP contribution in [-0.2, 0) is 16.8 Å². The maximum absolute atomic E-state index is 12.3. The summed E-state index contributed by atoms with van der Waals surface area (Å²) in [5.41, 5.74) is 2.67. The second-order valence-corrected chi connectivity index (χ2v) is 8.78. The monoisotopic (exact) mass is 431 g/mol. The van der Waals surface area contributed by atoms with Crippen molar-refractivity contribution in [1.82, 2.24) is 4.90 Å². The Bertz CT molecular complexity index is 728. The molecule has 0 amide bonds. The number of halogens is 1. The Hall–Kier alpha value is -1.39. The number of aliphatic hydroxyl groups is 1. The molecule has 1 aliphatic rings. The third kappa shape index (κ3) is 6.31. The van der Waals surface area contributed by atoms with E-state index < -0.39 is 5.60 Å². The lowest BCUT2D eigenvalue weighted by Gasteiger charge is -2.41. The molecule has 0 bridgehead atoms. The van der Waals surface area contributed by atoms with Crippen LogP contribution in [0.1, 0.15) is 56.2 Å². The molecular formula is C26H38ClNO2. The van der Waals surface area contributed by atoms with Crippen LogP contribution in [0, 0.1) is 5.92 Å². The third-order valence-electron chi connectivity index (χ3n) is 6.29. The topological polar surface area (TPSA) is 32.7 Å². The van der Waals surface area contributed by atoms with E-state index in [0.29, 0.717) is 5.92 Å². The number of nitrogens with zero attached hydrogens (tertiary/aromatic N) is 1. The highest BCUT2D eigenvalue weighted by Crippen LogP contribution is 2.42. The molecule has 4 heteroatoms. The SMILES string of the molecule is CCc1ccc(C(O)(CCC(C)C)C(CN2CCOCC2)c2ccccc2)cc1.Cl. The minimum atomic E-state index is -0.893. The Labute approximate surface area is 188 Å². The minimum absolute atomic E-state index is 0. The van der Waals surface area contributed by atoms with Gasteiger partial charge in [-0.15, -0.1) is 12.4 Å². The van der Waals surface area contributed by atoms with E-state index in [2.05, 4.69) is 80.3 Å². The molecule has 30 heavy (non-hydrogen) atoms. The minimum Gasteiger partial charge on any atom is -0.384 e. The molecule has 1 saturated heterocycles. The molecule has 3 rings (SSSR count). The predicted molar refractivity (Wildman–Crippen MR) is 127 cm³/mol. The Balaban J connectivity index is 0.00000320. The number of ether oxygens (including phenoxy) is 1. The van der Waals surface area contributed by atoms with Gasteiger partial charge in [-0.25, -0.2) is 0 Å². The Morgan fingerprint density at radius 2 is 1.63 bits per heavy atom. The van der Waals surface area contributed by atoms with Crippen molar-refractivity contribution in [3.05, 3.63) is 71.3 Å². The summed E-state index contributed by atoms with van der Waals surface area (Å²) in [6.07, 6.45) is 2.78. The van der Waals surface area contributed by atoms with Gasteiger partial charge in [-0.1, -0.05) is 75.4 Å². The van der Waals surface area contributed by atoms with E-state index >= 15 is 0 Å². The summed E-state index contributed by atoms with van der Waals surface area (Å²) in [4.78, 5) is 2.45. The second-order valence-electron chi connectivity index (χ2n) is 8.78. The molecule has 1 heterocycles. The second kappa shape index (κ2) is 11.9. The first-order valence-corrected chi connectivity index (χ1v) is 11.2. The smallest absolute Gasteiger partial charge is 0.0977 e. The summed E-state index contributed by atoms with van der Waals surface area (Å²) >= 11 is 0. The van der Waals surface area contributed by atoms with E-state index in [9.17, 15) is 5.11 Å². The van der Waals surface area contributed by atoms with Gasteiger partial charge >= 0.3 is 0 Å². The van der Waals surface area contributed by atoms with Gasteiger partial charge < -0.3 is 9.84 Å². The highest BCUT2D eigenvalue weighted by molar-refractivity contribution is 5.85. The molecule has 2 aromatic rings. The van der Waals surface area contributed by atoms with E-state index in [1.54, 1.807) is 0 Å². The summed E-state index contributed by atoms with van der Waals surface area (Å²) in [6, 6.07) is 19.2. The molecule has 2 atom stereocenters. The largest absolute Gasteiger partial charge is 0.384 e. The lowest BCUT2D eigenvalue weighted by Crippen LogP contribution is -2.45. The van der Waals surface area contributed by atoms with Crippen LogP contribution in [0.5, 0.6) is 0 Å². The van der Waals surface area contributed by atoms with Gasteiger partial charge in [-0.3, -0.25) is 4.90 Å². The maximum atomic E-state index is 12.3. The first-order valence-electron chi connectivity index (χ1n) is 11.2. The molecule has 0 radical (unpaired) electrons. The molecule has 0 aliphatic carbocycles. The molecule has 1 fully saturated rings. The molecule has 1 aliphatic heterocycles. The van der Waals surface area contributed by atoms with Crippen molar-refractivity contribution in [2.24, 2.45) is 5.92 Å². The summed E-state index contributed by atoms with van der Waals surface area (Å²) < 4.78 is 5.56. The average molecular weight is 432 g/mol. The van der Waals surface area contributed by atoms with E-state index in [1.807, 2.05) is 0 Å². The van der Waals surface area contributed by atoms with E-state index in [1.165, 1.54) is 11.1 Å². The van der Waals surface area contributed by atoms with Crippen molar-refractivity contribution in [3.8, 4) is 0 Å². The molecule has 3 nitrogen and oxygen atoms in total. The predicted octanol–water partition coefficient (Wildman–Crippen LogP) is 5.41. The molecule has 1 N–H and O–H groups in total. The number of rotatable bonds is 9. The molecule has 0 spiro atoms. The van der Waals surface area contributed by atoms with Crippen LogP contribution in [0.2, 0.25) is 0 Å². The molecule has 2 unspecified atom stereocenters. The van der Waals surface area contributed by atoms with Gasteiger partial charge in [0, 0.05) is 25.6 Å². The lowest BCUT2D eigenvalue weighted by atomic mass is 9.73. The number of hydrogen-bond acceptors (Lipinski definition) is 3. The maximum Gasteiger partial charge on any atom is 0.0977 e. The summed E-state index contributed by atoms with van der Waals surface area (Å²) in [6.45, 7) is 10.9. The third-order valence-corrected chi connectivity index (χ3v) is 6.29.